The van der Waals surface area contributed by atoms with Crippen LogP contribution in [0.2, 0.25) is 0 Å². The summed E-state index contributed by atoms with van der Waals surface area (Å²) in [6.45, 7) is 4.31. The Morgan fingerprint density at radius 2 is 1.86 bits per heavy atom. The van der Waals surface area contributed by atoms with E-state index >= 15 is 0 Å². The van der Waals surface area contributed by atoms with Crippen molar-refractivity contribution in [2.75, 3.05) is 6.54 Å². The van der Waals surface area contributed by atoms with E-state index in [0.29, 0.717) is 21.7 Å². The van der Waals surface area contributed by atoms with Crippen LogP contribution in [0.1, 0.15) is 19.4 Å². The number of thiazole rings is 1. The average molecular weight is 424 g/mol. The fourth-order valence-electron chi connectivity index (χ4n) is 2.97. The fourth-order valence-corrected chi connectivity index (χ4v) is 4.83. The number of rotatable bonds is 4. The molecule has 2 aromatic carbocycles. The second-order valence-corrected chi connectivity index (χ2v) is 8.20. The molecule has 1 aliphatic heterocycles. The van der Waals surface area contributed by atoms with E-state index in [1.807, 2.05) is 49.6 Å². The highest BCUT2D eigenvalue weighted by Gasteiger charge is 2.34. The zero-order valence-corrected chi connectivity index (χ0v) is 17.6. The lowest BCUT2D eigenvalue weighted by molar-refractivity contribution is -0.122. The van der Waals surface area contributed by atoms with E-state index in [2.05, 4.69) is 9.98 Å². The second kappa shape index (κ2) is 8.31. The Labute approximate surface area is 176 Å². The zero-order valence-electron chi connectivity index (χ0n) is 15.9. The minimum absolute atomic E-state index is 0.0853. The molecule has 0 bridgehead atoms. The number of benzene rings is 2. The monoisotopic (exact) mass is 423 g/mol. The van der Waals surface area contributed by atoms with Gasteiger partial charge >= 0.3 is 0 Å². The number of amidine groups is 1. The van der Waals surface area contributed by atoms with Gasteiger partial charge in [-0.2, -0.15) is 4.99 Å². The Bertz CT molecular complexity index is 1100. The predicted molar refractivity (Wildman–Crippen MR) is 119 cm³/mol. The van der Waals surface area contributed by atoms with Gasteiger partial charge in [-0.25, -0.2) is 9.37 Å². The first kappa shape index (κ1) is 19.5. The van der Waals surface area contributed by atoms with Crippen molar-refractivity contribution in [3.05, 3.63) is 76.3 Å². The van der Waals surface area contributed by atoms with Crippen LogP contribution in [0, 0.1) is 5.82 Å². The lowest BCUT2D eigenvalue weighted by Gasteiger charge is -2.11. The minimum atomic E-state index is -0.299. The molecule has 1 fully saturated rings. The summed E-state index contributed by atoms with van der Waals surface area (Å²) in [6, 6.07) is 16.1. The van der Waals surface area contributed by atoms with Crippen LogP contribution in [0.5, 0.6) is 0 Å². The number of nitrogens with zero attached hydrogens (tertiary/aromatic N) is 3. The van der Waals surface area contributed by atoms with Crippen LogP contribution < -0.4 is 0 Å². The first-order chi connectivity index (χ1) is 14.1. The van der Waals surface area contributed by atoms with Crippen LogP contribution in [0.25, 0.3) is 16.8 Å². The molecule has 1 aliphatic rings. The number of carbonyl (C=O) groups excluding carboxylic acids is 1. The van der Waals surface area contributed by atoms with Crippen LogP contribution in [-0.4, -0.2) is 27.5 Å². The Morgan fingerprint density at radius 1 is 1.14 bits per heavy atom. The largest absolute Gasteiger partial charge is 0.287 e. The maximum Gasteiger partial charge on any atom is 0.267 e. The number of aromatic nitrogens is 1. The summed E-state index contributed by atoms with van der Waals surface area (Å²) in [5.74, 6) is -0.384. The van der Waals surface area contributed by atoms with Gasteiger partial charge < -0.3 is 0 Å². The third kappa shape index (κ3) is 4.02. The fraction of sp³-hybridized carbons (Fsp3) is 0.136. The van der Waals surface area contributed by atoms with Gasteiger partial charge in [0.15, 0.2) is 5.17 Å². The molecule has 2 heterocycles. The summed E-state index contributed by atoms with van der Waals surface area (Å²) in [7, 11) is 0. The van der Waals surface area contributed by atoms with Crippen molar-refractivity contribution in [2.45, 2.75) is 13.8 Å². The van der Waals surface area contributed by atoms with Gasteiger partial charge in [-0.1, -0.05) is 42.5 Å². The van der Waals surface area contributed by atoms with E-state index in [4.69, 9.17) is 0 Å². The van der Waals surface area contributed by atoms with Crippen LogP contribution >= 0.6 is 23.1 Å². The highest BCUT2D eigenvalue weighted by molar-refractivity contribution is 8.18. The lowest BCUT2D eigenvalue weighted by Crippen LogP contribution is -2.28. The van der Waals surface area contributed by atoms with Gasteiger partial charge in [-0.05, 0) is 48.9 Å². The molecule has 1 saturated heterocycles. The second-order valence-electron chi connectivity index (χ2n) is 6.39. The molecule has 4 rings (SSSR count). The summed E-state index contributed by atoms with van der Waals surface area (Å²) < 4.78 is 13.2. The highest BCUT2D eigenvalue weighted by atomic mass is 32.2. The van der Waals surface area contributed by atoms with Crippen molar-refractivity contribution in [3.63, 3.8) is 0 Å². The van der Waals surface area contributed by atoms with Crippen molar-refractivity contribution in [3.8, 4) is 11.3 Å². The van der Waals surface area contributed by atoms with E-state index in [0.717, 1.165) is 22.4 Å². The number of halogens is 1. The van der Waals surface area contributed by atoms with E-state index in [1.165, 1.54) is 35.2 Å². The number of allylic oxidation sites excluding steroid dienone is 1. The summed E-state index contributed by atoms with van der Waals surface area (Å²) >= 11 is 2.78. The number of amides is 1. The van der Waals surface area contributed by atoms with Crippen molar-refractivity contribution in [1.29, 1.82) is 0 Å². The van der Waals surface area contributed by atoms with Crippen LogP contribution in [0.15, 0.2) is 69.9 Å². The van der Waals surface area contributed by atoms with Crippen LogP contribution in [0.3, 0.4) is 0 Å². The molecule has 7 heteroatoms. The standard InChI is InChI=1S/C22H18FN3OS2/c1-3-26-20(27)19(14(2)15-9-11-17(23)12-10-15)29-22(26)25-21-24-18(13-28-21)16-7-5-4-6-8-16/h4-13H,3H2,1-2H3/b19-14-,25-22+. The molecular weight excluding hydrogens is 405 g/mol. The number of carbonyl (C=O) groups is 1. The maximum atomic E-state index is 13.2. The van der Waals surface area contributed by atoms with Gasteiger partial charge in [0.05, 0.1) is 10.6 Å². The molecule has 3 aromatic rings. The Kier molecular flexibility index (Phi) is 5.60. The summed E-state index contributed by atoms with van der Waals surface area (Å²) in [4.78, 5) is 24.4. The van der Waals surface area contributed by atoms with Gasteiger partial charge in [-0.3, -0.25) is 9.69 Å². The van der Waals surface area contributed by atoms with Gasteiger partial charge in [0.1, 0.15) is 5.82 Å². The van der Waals surface area contributed by atoms with Crippen LogP contribution in [-0.2, 0) is 4.79 Å². The highest BCUT2D eigenvalue weighted by Crippen LogP contribution is 2.38. The molecule has 0 atom stereocenters. The van der Waals surface area contributed by atoms with E-state index in [9.17, 15) is 9.18 Å². The smallest absolute Gasteiger partial charge is 0.267 e. The van der Waals surface area contributed by atoms with E-state index in [1.54, 1.807) is 17.0 Å². The zero-order chi connectivity index (χ0) is 20.4. The molecule has 0 saturated carbocycles. The summed E-state index contributed by atoms with van der Waals surface area (Å²) in [6.07, 6.45) is 0. The quantitative estimate of drug-likeness (QED) is 0.486. The SMILES string of the molecule is CCN1C(=O)/C(=C(\C)c2ccc(F)cc2)S/C1=N/c1nc(-c2ccccc2)cs1. The topological polar surface area (TPSA) is 45.6 Å². The van der Waals surface area contributed by atoms with Gasteiger partial charge in [0.2, 0.25) is 5.13 Å². The Balaban J connectivity index is 1.66. The molecular formula is C22H18FN3OS2. The molecule has 0 unspecified atom stereocenters. The third-order valence-corrected chi connectivity index (χ3v) is 6.46. The first-order valence-corrected chi connectivity index (χ1v) is 10.8. The first-order valence-electron chi connectivity index (χ1n) is 9.13. The number of aliphatic imine (C=N–C) groups is 1. The van der Waals surface area contributed by atoms with Crippen molar-refractivity contribution in [2.24, 2.45) is 4.99 Å². The van der Waals surface area contributed by atoms with Gasteiger partial charge in [-0.15, -0.1) is 11.3 Å². The molecule has 4 nitrogen and oxygen atoms in total. The molecule has 0 N–H and O–H groups in total. The molecule has 0 radical (unpaired) electrons. The minimum Gasteiger partial charge on any atom is -0.287 e. The molecule has 0 aliphatic carbocycles. The normalized spacial score (nSPS) is 17.3. The Morgan fingerprint density at radius 3 is 2.55 bits per heavy atom. The van der Waals surface area contributed by atoms with Crippen molar-refractivity contribution < 1.29 is 9.18 Å². The van der Waals surface area contributed by atoms with Crippen molar-refractivity contribution >= 4 is 44.9 Å². The number of likely N-dealkylation sites (N-methyl/N-ethyl adjacent to an activating group) is 1. The number of hydrogen-bond donors (Lipinski definition) is 0. The lowest BCUT2D eigenvalue weighted by atomic mass is 10.1. The van der Waals surface area contributed by atoms with E-state index < -0.39 is 0 Å². The Hall–Kier alpha value is -2.77. The molecule has 1 aromatic heterocycles. The van der Waals surface area contributed by atoms with Gasteiger partial charge in [0.25, 0.3) is 5.91 Å². The van der Waals surface area contributed by atoms with Crippen LogP contribution in [0.4, 0.5) is 9.52 Å². The molecule has 29 heavy (non-hydrogen) atoms. The predicted octanol–water partition coefficient (Wildman–Crippen LogP) is 5.96. The summed E-state index contributed by atoms with van der Waals surface area (Å²) in [5.41, 5.74) is 3.53. The van der Waals surface area contributed by atoms with Crippen molar-refractivity contribution in [1.82, 2.24) is 9.88 Å². The third-order valence-electron chi connectivity index (χ3n) is 4.55. The molecule has 146 valence electrons. The van der Waals surface area contributed by atoms with E-state index in [-0.39, 0.29) is 11.7 Å². The average Bonchev–Trinajstić information content (AvgIpc) is 3.33. The van der Waals surface area contributed by atoms with Gasteiger partial charge in [0, 0.05) is 17.5 Å². The molecule has 0 spiro atoms. The summed E-state index contributed by atoms with van der Waals surface area (Å²) in [5, 5.41) is 3.19. The maximum absolute atomic E-state index is 13.2. The number of thioether (sulfide) groups is 1. The number of hydrogen-bond acceptors (Lipinski definition) is 5. The molecule has 1 amide bonds.